The predicted molar refractivity (Wildman–Crippen MR) is 109 cm³/mol. The van der Waals surface area contributed by atoms with Crippen LogP contribution in [-0.2, 0) is 20.1 Å². The average molecular weight is 433 g/mol. The lowest BCUT2D eigenvalue weighted by Crippen LogP contribution is -2.36. The van der Waals surface area contributed by atoms with E-state index >= 15 is 0 Å². The van der Waals surface area contributed by atoms with Gasteiger partial charge in [-0.05, 0) is 35.4 Å². The Labute approximate surface area is 170 Å². The second-order valence-corrected chi connectivity index (χ2v) is 9.53. The molecular formula is C20H20N2O5S2. The molecule has 152 valence electrons. The number of benzene rings is 3. The van der Waals surface area contributed by atoms with Crippen LogP contribution in [0.5, 0.6) is 0 Å². The molecule has 0 aliphatic rings. The van der Waals surface area contributed by atoms with E-state index in [1.807, 2.05) is 36.4 Å². The molecule has 0 heterocycles. The molecule has 29 heavy (non-hydrogen) atoms. The smallest absolute Gasteiger partial charge is 0.294 e. The van der Waals surface area contributed by atoms with E-state index in [1.54, 1.807) is 24.3 Å². The van der Waals surface area contributed by atoms with Crippen molar-refractivity contribution < 1.29 is 21.4 Å². The normalized spacial score (nSPS) is 14.3. The van der Waals surface area contributed by atoms with E-state index in [9.17, 15) is 16.8 Å². The Kier molecular flexibility index (Phi) is 6.15. The molecule has 0 amide bonds. The fourth-order valence-corrected chi connectivity index (χ4v) is 4.63. The van der Waals surface area contributed by atoms with Gasteiger partial charge in [-0.1, -0.05) is 60.7 Å². The van der Waals surface area contributed by atoms with Crippen molar-refractivity contribution in [2.45, 2.75) is 21.9 Å². The topological polar surface area (TPSA) is 127 Å². The van der Waals surface area contributed by atoms with E-state index in [-0.39, 0.29) is 4.90 Å². The Morgan fingerprint density at radius 2 is 1.14 bits per heavy atom. The van der Waals surface area contributed by atoms with Crippen LogP contribution in [0, 0.1) is 0 Å². The summed E-state index contributed by atoms with van der Waals surface area (Å²) >= 11 is 0. The lowest BCUT2D eigenvalue weighted by atomic mass is 9.95. The van der Waals surface area contributed by atoms with Gasteiger partial charge in [-0.25, -0.2) is 13.1 Å². The molecule has 3 aromatic rings. The molecule has 2 atom stereocenters. The van der Waals surface area contributed by atoms with Gasteiger partial charge in [0.2, 0.25) is 10.0 Å². The second-order valence-electron chi connectivity index (χ2n) is 6.39. The van der Waals surface area contributed by atoms with Gasteiger partial charge >= 0.3 is 0 Å². The van der Waals surface area contributed by atoms with Gasteiger partial charge in [0.15, 0.2) is 0 Å². The summed E-state index contributed by atoms with van der Waals surface area (Å²) < 4.78 is 59.9. The van der Waals surface area contributed by atoms with Crippen molar-refractivity contribution in [3.05, 3.63) is 96.1 Å². The summed E-state index contributed by atoms with van der Waals surface area (Å²) in [6.45, 7) is 0. The molecule has 0 unspecified atom stereocenters. The molecule has 4 N–H and O–H groups in total. The van der Waals surface area contributed by atoms with Crippen LogP contribution in [0.25, 0.3) is 0 Å². The number of nitrogens with one attached hydrogen (secondary N) is 1. The summed E-state index contributed by atoms with van der Waals surface area (Å²) in [6.07, 6.45) is 0. The first-order valence-corrected chi connectivity index (χ1v) is 11.6. The Bertz CT molecular complexity index is 1160. The molecule has 0 fully saturated rings. The molecule has 7 nitrogen and oxygen atoms in total. The highest BCUT2D eigenvalue weighted by Crippen LogP contribution is 2.29. The Morgan fingerprint density at radius 3 is 1.62 bits per heavy atom. The molecule has 9 heteroatoms. The van der Waals surface area contributed by atoms with Crippen molar-refractivity contribution in [3.63, 3.8) is 0 Å². The van der Waals surface area contributed by atoms with E-state index in [0.29, 0.717) is 5.56 Å². The minimum absolute atomic E-state index is 0.147. The zero-order valence-electron chi connectivity index (χ0n) is 15.2. The zero-order valence-corrected chi connectivity index (χ0v) is 16.8. The third kappa shape index (κ3) is 5.08. The van der Waals surface area contributed by atoms with Crippen LogP contribution in [0.2, 0.25) is 0 Å². The summed E-state index contributed by atoms with van der Waals surface area (Å²) in [6, 6.07) is 20.9. The average Bonchev–Trinajstić information content (AvgIpc) is 2.72. The summed E-state index contributed by atoms with van der Waals surface area (Å²) in [5.41, 5.74) is 7.84. The Hall–Kier alpha value is -2.56. The van der Waals surface area contributed by atoms with Crippen molar-refractivity contribution in [2.24, 2.45) is 5.73 Å². The molecule has 3 aromatic carbocycles. The molecule has 3 rings (SSSR count). The van der Waals surface area contributed by atoms with Gasteiger partial charge < -0.3 is 5.73 Å². The molecule has 0 radical (unpaired) electrons. The first kappa shape index (κ1) is 21.2. The van der Waals surface area contributed by atoms with Crippen LogP contribution >= 0.6 is 0 Å². The maximum atomic E-state index is 12.9. The molecule has 0 saturated heterocycles. The number of nitrogens with two attached hydrogens (primary N) is 1. The van der Waals surface area contributed by atoms with Crippen LogP contribution in [0.15, 0.2) is 94.7 Å². The van der Waals surface area contributed by atoms with E-state index in [0.717, 1.165) is 29.8 Å². The van der Waals surface area contributed by atoms with Gasteiger partial charge in [0.05, 0.1) is 21.9 Å². The molecule has 0 aromatic heterocycles. The molecule has 0 spiro atoms. The fourth-order valence-electron chi connectivity index (χ4n) is 2.90. The van der Waals surface area contributed by atoms with Gasteiger partial charge in [-0.15, -0.1) is 0 Å². The summed E-state index contributed by atoms with van der Waals surface area (Å²) in [5.74, 6) is 0. The number of hydrogen-bond acceptors (Lipinski definition) is 5. The third-order valence-electron chi connectivity index (χ3n) is 4.42. The first-order valence-electron chi connectivity index (χ1n) is 8.64. The van der Waals surface area contributed by atoms with Gasteiger partial charge in [-0.2, -0.15) is 8.42 Å². The van der Waals surface area contributed by atoms with Crippen LogP contribution in [0.3, 0.4) is 0 Å². The minimum Gasteiger partial charge on any atom is -0.322 e. The predicted octanol–water partition coefficient (Wildman–Crippen LogP) is 2.65. The van der Waals surface area contributed by atoms with Gasteiger partial charge in [-0.3, -0.25) is 4.55 Å². The summed E-state index contributed by atoms with van der Waals surface area (Å²) in [4.78, 5) is -0.539. The van der Waals surface area contributed by atoms with Crippen LogP contribution in [0.4, 0.5) is 0 Å². The first-order chi connectivity index (χ1) is 13.7. The maximum absolute atomic E-state index is 12.9. The van der Waals surface area contributed by atoms with E-state index in [1.165, 1.54) is 0 Å². The zero-order chi connectivity index (χ0) is 21.1. The lowest BCUT2D eigenvalue weighted by molar-refractivity contribution is 0.482. The second kappa shape index (κ2) is 8.44. The highest BCUT2D eigenvalue weighted by atomic mass is 32.2. The van der Waals surface area contributed by atoms with Crippen molar-refractivity contribution in [2.75, 3.05) is 0 Å². The van der Waals surface area contributed by atoms with E-state index < -0.39 is 37.1 Å². The molecule has 0 saturated carbocycles. The van der Waals surface area contributed by atoms with Gasteiger partial charge in [0, 0.05) is 0 Å². The quantitative estimate of drug-likeness (QED) is 0.493. The van der Waals surface area contributed by atoms with Crippen LogP contribution < -0.4 is 10.5 Å². The standard InChI is InChI=1S/C20H20N2O5S2/c21-19(15-7-3-1-4-8-15)20(16-9-5-2-6-10-16)22-28(23,24)17-11-13-18(14-12-17)29(25,26)27/h1-14,19-20,22H,21H2,(H,25,26,27)/t19-,20-/m0/s1. The largest absolute Gasteiger partial charge is 0.322 e. The lowest BCUT2D eigenvalue weighted by Gasteiger charge is -2.26. The molecular weight excluding hydrogens is 412 g/mol. The summed E-state index contributed by atoms with van der Waals surface area (Å²) in [5, 5.41) is 0. The number of sulfonamides is 1. The van der Waals surface area contributed by atoms with Crippen molar-refractivity contribution >= 4 is 20.1 Å². The third-order valence-corrected chi connectivity index (χ3v) is 6.74. The number of hydrogen-bond donors (Lipinski definition) is 3. The van der Waals surface area contributed by atoms with Crippen LogP contribution in [0.1, 0.15) is 23.2 Å². The van der Waals surface area contributed by atoms with Crippen molar-refractivity contribution in [1.29, 1.82) is 0 Å². The number of rotatable bonds is 7. The fraction of sp³-hybridized carbons (Fsp3) is 0.100. The van der Waals surface area contributed by atoms with Crippen molar-refractivity contribution in [1.82, 2.24) is 4.72 Å². The monoisotopic (exact) mass is 432 g/mol. The molecule has 0 bridgehead atoms. The summed E-state index contributed by atoms with van der Waals surface area (Å²) in [7, 11) is -8.45. The van der Waals surface area contributed by atoms with E-state index in [2.05, 4.69) is 4.72 Å². The van der Waals surface area contributed by atoms with E-state index in [4.69, 9.17) is 10.3 Å². The molecule has 0 aliphatic carbocycles. The Balaban J connectivity index is 1.97. The van der Waals surface area contributed by atoms with Crippen LogP contribution in [-0.4, -0.2) is 21.4 Å². The van der Waals surface area contributed by atoms with Gasteiger partial charge in [0.1, 0.15) is 0 Å². The maximum Gasteiger partial charge on any atom is 0.294 e. The minimum atomic E-state index is -4.42. The van der Waals surface area contributed by atoms with Gasteiger partial charge in [0.25, 0.3) is 10.1 Å². The SMILES string of the molecule is N[C@@H](c1ccccc1)[C@@H](NS(=O)(=O)c1ccc(S(=O)(=O)O)cc1)c1ccccc1. The Morgan fingerprint density at radius 1 is 0.690 bits per heavy atom. The molecule has 0 aliphatic heterocycles. The highest BCUT2D eigenvalue weighted by molar-refractivity contribution is 7.89. The van der Waals surface area contributed by atoms with Crippen molar-refractivity contribution in [3.8, 4) is 0 Å². The highest BCUT2D eigenvalue weighted by Gasteiger charge is 2.27.